The van der Waals surface area contributed by atoms with Gasteiger partial charge in [0.15, 0.2) is 0 Å². The maximum Gasteiger partial charge on any atom is 0.0440 e. The third-order valence-electron chi connectivity index (χ3n) is 3.32. The molecule has 0 saturated carbocycles. The van der Waals surface area contributed by atoms with E-state index in [4.69, 9.17) is 10.8 Å². The second-order valence-electron chi connectivity index (χ2n) is 4.18. The minimum Gasteiger partial charge on any atom is -0.396 e. The van der Waals surface area contributed by atoms with Gasteiger partial charge in [0.1, 0.15) is 0 Å². The molecule has 0 amide bonds. The molecular formula is C13H21NO. The van der Waals surface area contributed by atoms with Gasteiger partial charge in [-0.05, 0) is 25.3 Å². The van der Waals surface area contributed by atoms with Gasteiger partial charge in [-0.25, -0.2) is 0 Å². The Hall–Kier alpha value is -0.860. The number of aliphatic hydroxyl groups is 1. The molecule has 0 fully saturated rings. The van der Waals surface area contributed by atoms with Gasteiger partial charge in [-0.15, -0.1) is 0 Å². The lowest BCUT2D eigenvalue weighted by atomic mass is 9.75. The van der Waals surface area contributed by atoms with Crippen molar-refractivity contribution in [1.82, 2.24) is 0 Å². The minimum atomic E-state index is -0.0531. The van der Waals surface area contributed by atoms with Crippen LogP contribution >= 0.6 is 0 Å². The van der Waals surface area contributed by atoms with Crippen molar-refractivity contribution >= 4 is 0 Å². The number of aliphatic hydroxyl groups excluding tert-OH is 1. The largest absolute Gasteiger partial charge is 0.396 e. The predicted molar refractivity (Wildman–Crippen MR) is 63.9 cm³/mol. The molecule has 1 unspecified atom stereocenters. The Kier molecular flexibility index (Phi) is 4.30. The molecule has 0 aliphatic carbocycles. The maximum absolute atomic E-state index is 9.12. The fourth-order valence-corrected chi connectivity index (χ4v) is 2.01. The summed E-state index contributed by atoms with van der Waals surface area (Å²) < 4.78 is 0. The second-order valence-corrected chi connectivity index (χ2v) is 4.18. The summed E-state index contributed by atoms with van der Waals surface area (Å²) in [5, 5.41) is 9.12. The molecule has 1 rings (SSSR count). The van der Waals surface area contributed by atoms with Crippen LogP contribution in [0.15, 0.2) is 24.3 Å². The first-order valence-corrected chi connectivity index (χ1v) is 5.56. The van der Waals surface area contributed by atoms with E-state index in [0.29, 0.717) is 6.54 Å². The van der Waals surface area contributed by atoms with Crippen molar-refractivity contribution < 1.29 is 5.11 Å². The maximum atomic E-state index is 9.12. The summed E-state index contributed by atoms with van der Waals surface area (Å²) in [6.45, 7) is 4.99. The van der Waals surface area contributed by atoms with Gasteiger partial charge in [0, 0.05) is 18.6 Å². The molecule has 0 radical (unpaired) electrons. The van der Waals surface area contributed by atoms with E-state index >= 15 is 0 Å². The van der Waals surface area contributed by atoms with E-state index in [1.165, 1.54) is 11.1 Å². The molecule has 3 N–H and O–H groups in total. The zero-order valence-corrected chi connectivity index (χ0v) is 9.66. The number of rotatable bonds is 5. The highest BCUT2D eigenvalue weighted by Crippen LogP contribution is 2.30. The standard InChI is InChI=1S/C13H21NO/c1-3-13(10-14,8-9-15)12-6-4-11(2)5-7-12/h4-7,15H,3,8-10,14H2,1-2H3. The summed E-state index contributed by atoms with van der Waals surface area (Å²) in [7, 11) is 0. The number of aryl methyl sites for hydroxylation is 1. The highest BCUT2D eigenvalue weighted by Gasteiger charge is 2.27. The van der Waals surface area contributed by atoms with Crippen LogP contribution in [0.2, 0.25) is 0 Å². The normalized spacial score (nSPS) is 14.9. The second kappa shape index (κ2) is 5.29. The Balaban J connectivity index is 3.02. The van der Waals surface area contributed by atoms with Crippen molar-refractivity contribution in [3.63, 3.8) is 0 Å². The fraction of sp³-hybridized carbons (Fsp3) is 0.538. The average Bonchev–Trinajstić information content (AvgIpc) is 2.27. The van der Waals surface area contributed by atoms with Crippen LogP contribution in [0, 0.1) is 6.92 Å². The highest BCUT2D eigenvalue weighted by atomic mass is 16.3. The zero-order valence-electron chi connectivity index (χ0n) is 9.66. The predicted octanol–water partition coefficient (Wildman–Crippen LogP) is 1.98. The van der Waals surface area contributed by atoms with Gasteiger partial charge < -0.3 is 10.8 Å². The topological polar surface area (TPSA) is 46.2 Å². The van der Waals surface area contributed by atoms with Crippen LogP contribution < -0.4 is 5.73 Å². The highest BCUT2D eigenvalue weighted by molar-refractivity contribution is 5.29. The van der Waals surface area contributed by atoms with Crippen molar-refractivity contribution in [2.45, 2.75) is 32.1 Å². The van der Waals surface area contributed by atoms with Crippen molar-refractivity contribution in [2.75, 3.05) is 13.2 Å². The SMILES string of the molecule is CCC(CN)(CCO)c1ccc(C)cc1. The molecule has 1 atom stereocenters. The van der Waals surface area contributed by atoms with Gasteiger partial charge in [-0.1, -0.05) is 36.8 Å². The molecular weight excluding hydrogens is 186 g/mol. The molecule has 0 aliphatic heterocycles. The summed E-state index contributed by atoms with van der Waals surface area (Å²) >= 11 is 0. The summed E-state index contributed by atoms with van der Waals surface area (Å²) in [5.74, 6) is 0. The third-order valence-corrected chi connectivity index (χ3v) is 3.32. The van der Waals surface area contributed by atoms with Crippen LogP contribution in [-0.2, 0) is 5.41 Å². The Bertz CT molecular complexity index is 288. The van der Waals surface area contributed by atoms with Crippen molar-refractivity contribution in [3.8, 4) is 0 Å². The lowest BCUT2D eigenvalue weighted by molar-refractivity contribution is 0.234. The summed E-state index contributed by atoms with van der Waals surface area (Å²) in [6, 6.07) is 8.46. The number of hydrogen-bond acceptors (Lipinski definition) is 2. The van der Waals surface area contributed by atoms with E-state index in [1.54, 1.807) is 0 Å². The van der Waals surface area contributed by atoms with E-state index in [2.05, 4.69) is 38.1 Å². The molecule has 0 heterocycles. The third kappa shape index (κ3) is 2.58. The first kappa shape index (κ1) is 12.2. The van der Waals surface area contributed by atoms with Crippen LogP contribution in [0.4, 0.5) is 0 Å². The van der Waals surface area contributed by atoms with Gasteiger partial charge in [-0.3, -0.25) is 0 Å². The molecule has 2 heteroatoms. The molecule has 2 nitrogen and oxygen atoms in total. The Morgan fingerprint density at radius 2 is 1.87 bits per heavy atom. The van der Waals surface area contributed by atoms with Crippen LogP contribution in [0.1, 0.15) is 30.9 Å². The quantitative estimate of drug-likeness (QED) is 0.775. The van der Waals surface area contributed by atoms with Gasteiger partial charge in [-0.2, -0.15) is 0 Å². The van der Waals surface area contributed by atoms with E-state index in [-0.39, 0.29) is 12.0 Å². The number of nitrogens with two attached hydrogens (primary N) is 1. The fourth-order valence-electron chi connectivity index (χ4n) is 2.01. The Morgan fingerprint density at radius 1 is 1.27 bits per heavy atom. The van der Waals surface area contributed by atoms with Gasteiger partial charge in [0.2, 0.25) is 0 Å². The van der Waals surface area contributed by atoms with E-state index in [0.717, 1.165) is 12.8 Å². The molecule has 0 aliphatic rings. The number of hydrogen-bond donors (Lipinski definition) is 2. The zero-order chi connectivity index (χ0) is 11.3. The molecule has 1 aromatic carbocycles. The average molecular weight is 207 g/mol. The van der Waals surface area contributed by atoms with Crippen molar-refractivity contribution in [2.24, 2.45) is 5.73 Å². The van der Waals surface area contributed by atoms with E-state index in [9.17, 15) is 0 Å². The van der Waals surface area contributed by atoms with Crippen LogP contribution in [-0.4, -0.2) is 18.3 Å². The summed E-state index contributed by atoms with van der Waals surface area (Å²) in [5.41, 5.74) is 8.31. The Labute approximate surface area is 92.1 Å². The van der Waals surface area contributed by atoms with E-state index < -0.39 is 0 Å². The van der Waals surface area contributed by atoms with Gasteiger partial charge in [0.05, 0.1) is 0 Å². The van der Waals surface area contributed by atoms with Crippen LogP contribution in [0.25, 0.3) is 0 Å². The summed E-state index contributed by atoms with van der Waals surface area (Å²) in [4.78, 5) is 0. The first-order chi connectivity index (χ1) is 7.18. The molecule has 0 bridgehead atoms. The van der Waals surface area contributed by atoms with E-state index in [1.807, 2.05) is 0 Å². The van der Waals surface area contributed by atoms with Crippen LogP contribution in [0.5, 0.6) is 0 Å². The van der Waals surface area contributed by atoms with Gasteiger partial charge in [0.25, 0.3) is 0 Å². The first-order valence-electron chi connectivity index (χ1n) is 5.56. The number of benzene rings is 1. The minimum absolute atomic E-state index is 0.0531. The molecule has 0 aromatic heterocycles. The van der Waals surface area contributed by atoms with Gasteiger partial charge >= 0.3 is 0 Å². The molecule has 1 aromatic rings. The smallest absolute Gasteiger partial charge is 0.0440 e. The molecule has 84 valence electrons. The molecule has 15 heavy (non-hydrogen) atoms. The van der Waals surface area contributed by atoms with Crippen molar-refractivity contribution in [3.05, 3.63) is 35.4 Å². The monoisotopic (exact) mass is 207 g/mol. The summed E-state index contributed by atoms with van der Waals surface area (Å²) in [6.07, 6.45) is 1.70. The molecule has 0 spiro atoms. The van der Waals surface area contributed by atoms with Crippen molar-refractivity contribution in [1.29, 1.82) is 0 Å². The lowest BCUT2D eigenvalue weighted by Gasteiger charge is -2.31. The Morgan fingerprint density at radius 3 is 2.27 bits per heavy atom. The molecule has 0 saturated heterocycles. The lowest BCUT2D eigenvalue weighted by Crippen LogP contribution is -2.35. The van der Waals surface area contributed by atoms with Crippen LogP contribution in [0.3, 0.4) is 0 Å².